The lowest BCUT2D eigenvalue weighted by atomic mass is 9.79. The molecule has 0 amide bonds. The summed E-state index contributed by atoms with van der Waals surface area (Å²) in [5.41, 5.74) is 2.12. The van der Waals surface area contributed by atoms with Gasteiger partial charge in [0.25, 0.3) is 5.56 Å². The molecule has 10 nitrogen and oxygen atoms in total. The maximum Gasteiger partial charge on any atom is 0.278 e. The Morgan fingerprint density at radius 3 is 2.00 bits per heavy atom. The summed E-state index contributed by atoms with van der Waals surface area (Å²) >= 11 is 0. The van der Waals surface area contributed by atoms with Crippen LogP contribution in [0.15, 0.2) is 96.3 Å². The summed E-state index contributed by atoms with van der Waals surface area (Å²) in [5.74, 6) is 1.15. The van der Waals surface area contributed by atoms with Gasteiger partial charge in [-0.1, -0.05) is 75.4 Å². The smallest absolute Gasteiger partial charge is 0.278 e. The van der Waals surface area contributed by atoms with Crippen LogP contribution >= 0.6 is 0 Å². The molecule has 1 fully saturated rings. The molecule has 2 heterocycles. The minimum atomic E-state index is -2.36. The van der Waals surface area contributed by atoms with Crippen LogP contribution in [-0.4, -0.2) is 66.0 Å². The number of imidazole rings is 1. The van der Waals surface area contributed by atoms with Gasteiger partial charge >= 0.3 is 0 Å². The molecule has 0 bridgehead atoms. The van der Waals surface area contributed by atoms with Crippen LogP contribution in [0.25, 0.3) is 11.2 Å². The molecular formula is C38H46N4O6Si. The molecule has 11 heteroatoms. The first-order valence-corrected chi connectivity index (χ1v) is 19.5. The minimum Gasteiger partial charge on any atom is -0.497 e. The van der Waals surface area contributed by atoms with Crippen molar-refractivity contribution in [3.05, 3.63) is 119 Å². The molecule has 6 rings (SSSR count). The van der Waals surface area contributed by atoms with Crippen molar-refractivity contribution < 1.29 is 23.7 Å². The Morgan fingerprint density at radius 2 is 1.45 bits per heavy atom. The van der Waals surface area contributed by atoms with E-state index in [9.17, 15) is 9.90 Å². The largest absolute Gasteiger partial charge is 0.497 e. The van der Waals surface area contributed by atoms with Crippen LogP contribution in [0.2, 0.25) is 18.1 Å². The number of hydrogen-bond donors (Lipinski definition) is 2. The van der Waals surface area contributed by atoms with E-state index in [-0.39, 0.29) is 34.7 Å². The fourth-order valence-electron chi connectivity index (χ4n) is 6.60. The number of aliphatic hydroxyl groups excluding tert-OH is 1. The van der Waals surface area contributed by atoms with Crippen LogP contribution in [0.1, 0.15) is 49.9 Å². The number of H-pyrrole nitrogens is 1. The van der Waals surface area contributed by atoms with E-state index in [1.54, 1.807) is 20.5 Å². The van der Waals surface area contributed by atoms with Gasteiger partial charge in [-0.25, -0.2) is 9.97 Å². The molecule has 4 atom stereocenters. The molecule has 1 aliphatic carbocycles. The molecular weight excluding hydrogens is 637 g/mol. The topological polar surface area (TPSA) is 121 Å². The second-order valence-corrected chi connectivity index (χ2v) is 19.0. The number of benzene rings is 3. The molecule has 1 aliphatic rings. The number of methoxy groups -OCH3 is 2. The molecule has 3 aromatic carbocycles. The third kappa shape index (κ3) is 6.43. The maximum absolute atomic E-state index is 12.6. The van der Waals surface area contributed by atoms with Crippen LogP contribution in [0.3, 0.4) is 0 Å². The van der Waals surface area contributed by atoms with Gasteiger partial charge < -0.3 is 33.3 Å². The summed E-state index contributed by atoms with van der Waals surface area (Å²) in [5, 5.41) is 12.1. The van der Waals surface area contributed by atoms with E-state index in [0.717, 1.165) is 28.2 Å². The first kappa shape index (κ1) is 34.6. The zero-order valence-corrected chi connectivity index (χ0v) is 30.2. The first-order chi connectivity index (χ1) is 23.4. The van der Waals surface area contributed by atoms with Crippen molar-refractivity contribution in [2.24, 2.45) is 5.92 Å². The number of nitrogens with one attached hydrogen (secondary N) is 1. The van der Waals surface area contributed by atoms with Gasteiger partial charge in [-0.15, -0.1) is 0 Å². The molecule has 5 aromatic rings. The number of hydrogen-bond acceptors (Lipinski definition) is 8. The molecule has 0 aliphatic heterocycles. The van der Waals surface area contributed by atoms with E-state index in [1.165, 1.54) is 6.33 Å². The molecule has 49 heavy (non-hydrogen) atoms. The molecule has 0 saturated heterocycles. The lowest BCUT2D eigenvalue weighted by Gasteiger charge is -2.41. The first-order valence-electron chi connectivity index (χ1n) is 16.6. The standard InChI is InChI=1S/C38H46N4O6Si/c1-37(2,3)49(6,7)48-34-31(42-24-41-32-35(42)39-23-40-36(32)44)21-25(33(34)43)22-47-38(26-11-9-8-10-12-26,27-13-17-29(45-4)18-14-27)28-15-19-30(46-5)20-16-28/h8-20,23-25,31,33-34,43H,21-22H2,1-7H3,(H,39,40,44)/t25-,31-,33-,34+/m1/s1. The molecule has 1 saturated carbocycles. The van der Waals surface area contributed by atoms with Crippen molar-refractivity contribution in [2.75, 3.05) is 20.8 Å². The Morgan fingerprint density at radius 1 is 0.878 bits per heavy atom. The third-order valence-electron chi connectivity index (χ3n) is 10.4. The average Bonchev–Trinajstić information content (AvgIpc) is 3.66. The van der Waals surface area contributed by atoms with Gasteiger partial charge in [0.15, 0.2) is 19.5 Å². The van der Waals surface area contributed by atoms with Crippen molar-refractivity contribution in [1.29, 1.82) is 0 Å². The second kappa shape index (κ2) is 13.5. The number of fused-ring (bicyclic) bond motifs is 1. The van der Waals surface area contributed by atoms with Crippen molar-refractivity contribution in [2.45, 2.75) is 69.2 Å². The lowest BCUT2D eigenvalue weighted by molar-refractivity contribution is -0.0470. The number of aliphatic hydroxyl groups is 1. The van der Waals surface area contributed by atoms with Crippen LogP contribution in [-0.2, 0) is 14.8 Å². The Hall–Kier alpha value is -4.29. The summed E-state index contributed by atoms with van der Waals surface area (Å²) < 4.78 is 27.1. The highest BCUT2D eigenvalue weighted by Crippen LogP contribution is 2.47. The Labute approximate surface area is 288 Å². The number of aromatic amines is 1. The lowest BCUT2D eigenvalue weighted by Crippen LogP contribution is -2.48. The fraction of sp³-hybridized carbons (Fsp3) is 0.395. The van der Waals surface area contributed by atoms with Gasteiger partial charge in [-0.3, -0.25) is 4.79 Å². The number of ether oxygens (including phenoxy) is 3. The summed E-state index contributed by atoms with van der Waals surface area (Å²) in [6.45, 7) is 11.1. The van der Waals surface area contributed by atoms with E-state index in [2.05, 4.69) is 60.9 Å². The number of rotatable bonds is 11. The summed E-state index contributed by atoms with van der Waals surface area (Å²) in [6, 6.07) is 25.6. The highest BCUT2D eigenvalue weighted by atomic mass is 28.4. The fourth-order valence-corrected chi connectivity index (χ4v) is 7.93. The van der Waals surface area contributed by atoms with E-state index < -0.39 is 26.1 Å². The van der Waals surface area contributed by atoms with Crippen molar-refractivity contribution >= 4 is 19.5 Å². The minimum absolute atomic E-state index is 0.0938. The second-order valence-electron chi connectivity index (χ2n) is 14.3. The quantitative estimate of drug-likeness (QED) is 0.120. The van der Waals surface area contributed by atoms with Crippen molar-refractivity contribution in [1.82, 2.24) is 19.5 Å². The van der Waals surface area contributed by atoms with Gasteiger partial charge in [0.2, 0.25) is 0 Å². The highest BCUT2D eigenvalue weighted by Gasteiger charge is 2.51. The van der Waals surface area contributed by atoms with E-state index in [0.29, 0.717) is 12.1 Å². The van der Waals surface area contributed by atoms with E-state index in [1.807, 2.05) is 71.3 Å². The van der Waals surface area contributed by atoms with E-state index >= 15 is 0 Å². The van der Waals surface area contributed by atoms with Crippen LogP contribution < -0.4 is 15.0 Å². The predicted molar refractivity (Wildman–Crippen MR) is 192 cm³/mol. The Balaban J connectivity index is 1.43. The number of nitrogens with zero attached hydrogens (tertiary/aromatic N) is 3. The molecule has 2 aromatic heterocycles. The van der Waals surface area contributed by atoms with E-state index in [4.69, 9.17) is 18.6 Å². The normalized spacial score (nSPS) is 20.1. The van der Waals surface area contributed by atoms with Crippen LogP contribution in [0.4, 0.5) is 0 Å². The molecule has 2 N–H and O–H groups in total. The van der Waals surface area contributed by atoms with Gasteiger partial charge in [0.1, 0.15) is 17.1 Å². The molecule has 0 unspecified atom stereocenters. The average molecular weight is 683 g/mol. The summed E-state index contributed by atoms with van der Waals surface area (Å²) in [7, 11) is 0.939. The van der Waals surface area contributed by atoms with Gasteiger partial charge in [-0.2, -0.15) is 0 Å². The van der Waals surface area contributed by atoms with Crippen molar-refractivity contribution in [3.63, 3.8) is 0 Å². The van der Waals surface area contributed by atoms with Crippen LogP contribution in [0.5, 0.6) is 11.5 Å². The monoisotopic (exact) mass is 682 g/mol. The Bertz CT molecular complexity index is 1870. The number of aromatic nitrogens is 4. The maximum atomic E-state index is 12.6. The van der Waals surface area contributed by atoms with Gasteiger partial charge in [0.05, 0.1) is 51.7 Å². The van der Waals surface area contributed by atoms with Gasteiger partial charge in [-0.05, 0) is 65.5 Å². The predicted octanol–water partition coefficient (Wildman–Crippen LogP) is 6.46. The molecule has 258 valence electrons. The van der Waals surface area contributed by atoms with Gasteiger partial charge in [0, 0.05) is 5.92 Å². The molecule has 0 spiro atoms. The molecule has 0 radical (unpaired) electrons. The Kier molecular flexibility index (Phi) is 9.56. The highest BCUT2D eigenvalue weighted by molar-refractivity contribution is 6.74. The third-order valence-corrected chi connectivity index (χ3v) is 14.9. The summed E-state index contributed by atoms with van der Waals surface area (Å²) in [6.07, 6.45) is 2.12. The SMILES string of the molecule is COc1ccc(C(OC[C@H]2C[C@@H](n3cnc4c(=O)[nH]cnc43)[C@H](O[Si](C)(C)C(C)(C)C)[C@@H]2O)(c2ccccc2)c2ccc(OC)cc2)cc1. The zero-order chi connectivity index (χ0) is 35.0. The van der Waals surface area contributed by atoms with Crippen molar-refractivity contribution in [3.8, 4) is 11.5 Å². The van der Waals surface area contributed by atoms with Crippen LogP contribution in [0, 0.1) is 5.92 Å². The zero-order valence-electron chi connectivity index (χ0n) is 29.2. The summed E-state index contributed by atoms with van der Waals surface area (Å²) in [4.78, 5) is 24.1.